The van der Waals surface area contributed by atoms with Crippen LogP contribution < -0.4 is 5.32 Å². The molecule has 0 unspecified atom stereocenters. The van der Waals surface area contributed by atoms with Crippen LogP contribution in [0.15, 0.2) is 24.3 Å². The highest BCUT2D eigenvalue weighted by molar-refractivity contribution is 7.16. The molecule has 6 heteroatoms. The Labute approximate surface area is 170 Å². The van der Waals surface area contributed by atoms with Gasteiger partial charge >= 0.3 is 0 Å². The average molecular weight is 398 g/mol. The van der Waals surface area contributed by atoms with Crippen molar-refractivity contribution in [1.29, 1.82) is 5.26 Å². The molecule has 0 bridgehead atoms. The van der Waals surface area contributed by atoms with E-state index in [4.69, 9.17) is 0 Å². The van der Waals surface area contributed by atoms with Crippen LogP contribution in [0.3, 0.4) is 0 Å². The third kappa shape index (κ3) is 4.92. The van der Waals surface area contributed by atoms with Gasteiger partial charge in [-0.2, -0.15) is 5.26 Å². The van der Waals surface area contributed by atoms with Crippen molar-refractivity contribution in [2.75, 3.05) is 18.4 Å². The first-order valence-electron chi connectivity index (χ1n) is 9.96. The number of aromatic hydroxyl groups is 1. The number of para-hydroxylation sites is 1. The van der Waals surface area contributed by atoms with Gasteiger partial charge in [0.2, 0.25) is 5.91 Å². The minimum absolute atomic E-state index is 0.0616. The Morgan fingerprint density at radius 2 is 2.07 bits per heavy atom. The van der Waals surface area contributed by atoms with E-state index < -0.39 is 0 Å². The molecule has 0 atom stereocenters. The predicted molar refractivity (Wildman–Crippen MR) is 113 cm³/mol. The molecule has 0 saturated heterocycles. The Kier molecular flexibility index (Phi) is 7.07. The van der Waals surface area contributed by atoms with E-state index in [-0.39, 0.29) is 11.7 Å². The maximum absolute atomic E-state index is 12.5. The second-order valence-corrected chi connectivity index (χ2v) is 8.34. The molecule has 148 valence electrons. The molecule has 0 saturated carbocycles. The highest BCUT2D eigenvalue weighted by Crippen LogP contribution is 2.37. The molecule has 0 spiro atoms. The predicted octanol–water partition coefficient (Wildman–Crippen LogP) is 4.44. The fourth-order valence-electron chi connectivity index (χ4n) is 3.69. The Balaban J connectivity index is 1.60. The molecule has 1 aliphatic rings. The van der Waals surface area contributed by atoms with Crippen LogP contribution in [0.2, 0.25) is 0 Å². The summed E-state index contributed by atoms with van der Waals surface area (Å²) in [7, 11) is 0. The third-order valence-corrected chi connectivity index (χ3v) is 6.32. The quantitative estimate of drug-likeness (QED) is 0.690. The van der Waals surface area contributed by atoms with Crippen molar-refractivity contribution >= 4 is 22.2 Å². The van der Waals surface area contributed by atoms with Crippen LogP contribution in [-0.4, -0.2) is 29.0 Å². The van der Waals surface area contributed by atoms with E-state index >= 15 is 0 Å². The van der Waals surface area contributed by atoms with Gasteiger partial charge in [0.25, 0.3) is 0 Å². The largest absolute Gasteiger partial charge is 0.508 e. The zero-order chi connectivity index (χ0) is 19.9. The maximum atomic E-state index is 12.5. The van der Waals surface area contributed by atoms with Crippen LogP contribution >= 0.6 is 11.3 Å². The molecule has 0 radical (unpaired) electrons. The number of hydrogen-bond donors (Lipinski definition) is 2. The first kappa shape index (κ1) is 20.4. The zero-order valence-electron chi connectivity index (χ0n) is 16.3. The third-order valence-electron chi connectivity index (χ3n) is 5.12. The van der Waals surface area contributed by atoms with Crippen LogP contribution in [0.1, 0.15) is 54.2 Å². The molecule has 28 heavy (non-hydrogen) atoms. The molecule has 1 aromatic heterocycles. The smallest absolute Gasteiger partial charge is 0.226 e. The Morgan fingerprint density at radius 1 is 1.29 bits per heavy atom. The number of carbonyl (C=O) groups is 1. The fourth-order valence-corrected chi connectivity index (χ4v) is 4.95. The highest BCUT2D eigenvalue weighted by atomic mass is 32.1. The summed E-state index contributed by atoms with van der Waals surface area (Å²) >= 11 is 1.56. The number of nitriles is 1. The van der Waals surface area contributed by atoms with Gasteiger partial charge in [0.15, 0.2) is 0 Å². The summed E-state index contributed by atoms with van der Waals surface area (Å²) in [6.07, 6.45) is 5.56. The summed E-state index contributed by atoms with van der Waals surface area (Å²) in [5.41, 5.74) is 2.67. The number of amides is 1. The minimum atomic E-state index is -0.0616. The van der Waals surface area contributed by atoms with Crippen LogP contribution in [0.25, 0.3) is 0 Å². The number of phenolic OH excluding ortho intramolecular Hbond substituents is 1. The van der Waals surface area contributed by atoms with E-state index in [0.717, 1.165) is 49.8 Å². The summed E-state index contributed by atoms with van der Waals surface area (Å²) < 4.78 is 0. The normalized spacial score (nSPS) is 13.2. The van der Waals surface area contributed by atoms with Gasteiger partial charge in [0, 0.05) is 30.0 Å². The lowest BCUT2D eigenvalue weighted by molar-refractivity contribution is -0.116. The summed E-state index contributed by atoms with van der Waals surface area (Å²) in [6.45, 7) is 4.19. The Bertz CT molecular complexity index is 869. The molecule has 2 N–H and O–H groups in total. The number of anilines is 1. The molecule has 2 aromatic rings. The average Bonchev–Trinajstić information content (AvgIpc) is 3.04. The number of phenols is 1. The molecule has 0 fully saturated rings. The Morgan fingerprint density at radius 3 is 2.82 bits per heavy atom. The molecule has 5 nitrogen and oxygen atoms in total. The van der Waals surface area contributed by atoms with Crippen molar-refractivity contribution in [3.05, 3.63) is 45.8 Å². The summed E-state index contributed by atoms with van der Waals surface area (Å²) in [4.78, 5) is 16.0. The van der Waals surface area contributed by atoms with Crippen molar-refractivity contribution in [3.63, 3.8) is 0 Å². The SMILES string of the molecule is CCCN(CCC(=O)Nc1sc2c(c1C#N)CCCC2)Cc1ccccc1O. The summed E-state index contributed by atoms with van der Waals surface area (Å²) in [5, 5.41) is 23.2. The number of aryl methyl sites for hydroxylation is 1. The van der Waals surface area contributed by atoms with Gasteiger partial charge in [-0.05, 0) is 50.3 Å². The van der Waals surface area contributed by atoms with Gasteiger partial charge in [0.05, 0.1) is 5.56 Å². The van der Waals surface area contributed by atoms with Gasteiger partial charge in [0.1, 0.15) is 16.8 Å². The molecular formula is C22H27N3O2S. The molecule has 1 aliphatic carbocycles. The molecule has 3 rings (SSSR count). The van der Waals surface area contributed by atoms with Gasteiger partial charge < -0.3 is 10.4 Å². The van der Waals surface area contributed by atoms with Crippen molar-refractivity contribution in [3.8, 4) is 11.8 Å². The summed E-state index contributed by atoms with van der Waals surface area (Å²) in [5.74, 6) is 0.226. The van der Waals surface area contributed by atoms with Crippen LogP contribution in [0.5, 0.6) is 5.75 Å². The van der Waals surface area contributed by atoms with Crippen molar-refractivity contribution in [2.24, 2.45) is 0 Å². The lowest BCUT2D eigenvalue weighted by Crippen LogP contribution is -2.28. The molecule has 0 aliphatic heterocycles. The van der Waals surface area contributed by atoms with E-state index in [2.05, 4.69) is 23.2 Å². The van der Waals surface area contributed by atoms with Crippen molar-refractivity contribution in [2.45, 2.75) is 52.0 Å². The monoisotopic (exact) mass is 397 g/mol. The first-order valence-corrected chi connectivity index (χ1v) is 10.8. The van der Waals surface area contributed by atoms with Gasteiger partial charge in [-0.25, -0.2) is 0 Å². The molecule has 1 heterocycles. The van der Waals surface area contributed by atoms with Crippen LogP contribution in [0, 0.1) is 11.3 Å². The zero-order valence-corrected chi connectivity index (χ0v) is 17.1. The minimum Gasteiger partial charge on any atom is -0.508 e. The van der Waals surface area contributed by atoms with Crippen molar-refractivity contribution < 1.29 is 9.90 Å². The van der Waals surface area contributed by atoms with Crippen LogP contribution in [-0.2, 0) is 24.2 Å². The number of nitrogens with zero attached hydrogens (tertiary/aromatic N) is 2. The van der Waals surface area contributed by atoms with Gasteiger partial charge in [-0.1, -0.05) is 25.1 Å². The van der Waals surface area contributed by atoms with E-state index in [1.807, 2.05) is 18.2 Å². The van der Waals surface area contributed by atoms with Gasteiger partial charge in [-0.3, -0.25) is 9.69 Å². The standard InChI is InChI=1S/C22H27N3O2S/c1-2-12-25(15-16-7-3-5-9-19(16)26)13-11-21(27)24-22-18(14-23)17-8-4-6-10-20(17)28-22/h3,5,7,9,26H,2,4,6,8,10-13,15H2,1H3,(H,24,27). The topological polar surface area (TPSA) is 76.4 Å². The second-order valence-electron chi connectivity index (χ2n) is 7.23. The first-order chi connectivity index (χ1) is 13.6. The van der Waals surface area contributed by atoms with Crippen LogP contribution in [0.4, 0.5) is 5.00 Å². The number of fused-ring (bicyclic) bond motifs is 1. The number of benzene rings is 1. The highest BCUT2D eigenvalue weighted by Gasteiger charge is 2.22. The number of nitrogens with one attached hydrogen (secondary N) is 1. The molecular weight excluding hydrogens is 370 g/mol. The maximum Gasteiger partial charge on any atom is 0.226 e. The number of thiophene rings is 1. The number of carbonyl (C=O) groups excluding carboxylic acids is 1. The van der Waals surface area contributed by atoms with E-state index in [1.54, 1.807) is 17.4 Å². The Hall–Kier alpha value is -2.36. The summed E-state index contributed by atoms with van der Waals surface area (Å²) in [6, 6.07) is 9.61. The lowest BCUT2D eigenvalue weighted by atomic mass is 9.96. The van der Waals surface area contributed by atoms with E-state index in [9.17, 15) is 15.2 Å². The fraction of sp³-hybridized carbons (Fsp3) is 0.455. The van der Waals surface area contributed by atoms with E-state index in [1.165, 1.54) is 4.88 Å². The molecule has 1 amide bonds. The second kappa shape index (κ2) is 9.72. The van der Waals surface area contributed by atoms with E-state index in [0.29, 0.717) is 30.1 Å². The van der Waals surface area contributed by atoms with Gasteiger partial charge in [-0.15, -0.1) is 11.3 Å². The number of hydrogen-bond acceptors (Lipinski definition) is 5. The number of rotatable bonds is 8. The van der Waals surface area contributed by atoms with Crippen molar-refractivity contribution in [1.82, 2.24) is 4.90 Å². The molecule has 1 aromatic carbocycles. The lowest BCUT2D eigenvalue weighted by Gasteiger charge is -2.22.